The van der Waals surface area contributed by atoms with Gasteiger partial charge in [0.05, 0.1) is 24.8 Å². The maximum atomic E-state index is 13.6. The number of halogens is 3. The SMILES string of the molecule is CCOC(=O)C(Cc1ccccc1)NC(=O)COc1cc2c(C(F)(F)F)cc(=O)n(C)c2cc1OC. The summed E-state index contributed by atoms with van der Waals surface area (Å²) in [5.41, 5.74) is -1.21. The number of amides is 1. The molecule has 0 saturated heterocycles. The lowest BCUT2D eigenvalue weighted by Gasteiger charge is -2.19. The molecule has 192 valence electrons. The Morgan fingerprint density at radius 1 is 1.08 bits per heavy atom. The second-order valence-corrected chi connectivity index (χ2v) is 7.82. The quantitative estimate of drug-likeness (QED) is 0.448. The summed E-state index contributed by atoms with van der Waals surface area (Å²) in [6.45, 7) is 1.15. The lowest BCUT2D eigenvalue weighted by molar-refractivity contribution is -0.147. The van der Waals surface area contributed by atoms with Crippen molar-refractivity contribution >= 4 is 22.8 Å². The van der Waals surface area contributed by atoms with Gasteiger partial charge >= 0.3 is 12.1 Å². The number of methoxy groups -OCH3 is 1. The van der Waals surface area contributed by atoms with Crippen molar-refractivity contribution in [2.75, 3.05) is 20.3 Å². The zero-order valence-corrected chi connectivity index (χ0v) is 19.8. The average molecular weight is 506 g/mol. The molecule has 0 aliphatic rings. The van der Waals surface area contributed by atoms with Crippen molar-refractivity contribution in [3.63, 3.8) is 0 Å². The summed E-state index contributed by atoms with van der Waals surface area (Å²) in [7, 11) is 2.61. The lowest BCUT2D eigenvalue weighted by Crippen LogP contribution is -2.45. The molecule has 0 aliphatic carbocycles. The summed E-state index contributed by atoms with van der Waals surface area (Å²) in [6.07, 6.45) is -4.62. The normalized spacial score (nSPS) is 12.2. The predicted octanol–water partition coefficient (Wildman–Crippen LogP) is 3.24. The van der Waals surface area contributed by atoms with Crippen LogP contribution in [0.3, 0.4) is 0 Å². The third kappa shape index (κ3) is 6.15. The minimum Gasteiger partial charge on any atom is -0.493 e. The number of rotatable bonds is 9. The van der Waals surface area contributed by atoms with Gasteiger partial charge in [0.25, 0.3) is 11.5 Å². The van der Waals surface area contributed by atoms with Crippen molar-refractivity contribution < 1.29 is 37.0 Å². The molecule has 1 aromatic heterocycles. The molecule has 3 aromatic rings. The second kappa shape index (κ2) is 11.1. The Balaban J connectivity index is 1.85. The van der Waals surface area contributed by atoms with Gasteiger partial charge in [-0.2, -0.15) is 13.2 Å². The molecule has 0 aliphatic heterocycles. The molecule has 2 aromatic carbocycles. The van der Waals surface area contributed by atoms with Gasteiger partial charge < -0.3 is 24.1 Å². The number of hydrogen-bond acceptors (Lipinski definition) is 6. The molecule has 3 rings (SSSR count). The Labute approximate surface area is 204 Å². The van der Waals surface area contributed by atoms with E-state index in [1.807, 2.05) is 6.07 Å². The van der Waals surface area contributed by atoms with Gasteiger partial charge in [0.15, 0.2) is 18.1 Å². The maximum absolute atomic E-state index is 13.6. The third-order valence-corrected chi connectivity index (χ3v) is 5.39. The molecule has 1 amide bonds. The van der Waals surface area contributed by atoms with E-state index in [0.717, 1.165) is 16.2 Å². The number of alkyl halides is 3. The second-order valence-electron chi connectivity index (χ2n) is 7.82. The molecule has 1 atom stereocenters. The average Bonchev–Trinajstić information content (AvgIpc) is 2.84. The first kappa shape index (κ1) is 26.6. The van der Waals surface area contributed by atoms with Gasteiger partial charge in [0.2, 0.25) is 0 Å². The van der Waals surface area contributed by atoms with E-state index in [2.05, 4.69) is 5.32 Å². The van der Waals surface area contributed by atoms with Crippen molar-refractivity contribution in [3.05, 3.63) is 70.0 Å². The number of hydrogen-bond donors (Lipinski definition) is 1. The van der Waals surface area contributed by atoms with Crippen molar-refractivity contribution in [1.82, 2.24) is 9.88 Å². The highest BCUT2D eigenvalue weighted by atomic mass is 19.4. The minimum atomic E-state index is -4.79. The zero-order valence-electron chi connectivity index (χ0n) is 19.8. The van der Waals surface area contributed by atoms with Gasteiger partial charge in [0.1, 0.15) is 6.04 Å². The summed E-state index contributed by atoms with van der Waals surface area (Å²) in [4.78, 5) is 37.0. The van der Waals surface area contributed by atoms with Crippen LogP contribution >= 0.6 is 0 Å². The molecule has 1 unspecified atom stereocenters. The molecule has 0 fully saturated rings. The van der Waals surface area contributed by atoms with Crippen LogP contribution in [0.25, 0.3) is 10.9 Å². The fraction of sp³-hybridized carbons (Fsp3) is 0.320. The molecule has 0 radical (unpaired) electrons. The number of benzene rings is 2. The Morgan fingerprint density at radius 3 is 2.39 bits per heavy atom. The Bertz CT molecular complexity index is 1310. The number of nitrogens with one attached hydrogen (secondary N) is 1. The van der Waals surface area contributed by atoms with Gasteiger partial charge in [-0.05, 0) is 18.6 Å². The van der Waals surface area contributed by atoms with E-state index in [1.165, 1.54) is 20.2 Å². The van der Waals surface area contributed by atoms with Crippen LogP contribution in [0.2, 0.25) is 0 Å². The number of esters is 1. The molecular formula is C25H25F3N2O6. The number of carbonyl (C=O) groups excluding carboxylic acids is 2. The number of pyridine rings is 1. The van der Waals surface area contributed by atoms with Crippen molar-refractivity contribution in [1.29, 1.82) is 0 Å². The van der Waals surface area contributed by atoms with E-state index < -0.39 is 41.8 Å². The molecule has 36 heavy (non-hydrogen) atoms. The number of aryl methyl sites for hydroxylation is 1. The molecule has 8 nitrogen and oxygen atoms in total. The van der Waals surface area contributed by atoms with E-state index in [9.17, 15) is 27.6 Å². The fourth-order valence-electron chi connectivity index (χ4n) is 3.63. The molecule has 1 heterocycles. The van der Waals surface area contributed by atoms with Gasteiger partial charge in [0, 0.05) is 31.0 Å². The molecule has 0 spiro atoms. The number of carbonyl (C=O) groups is 2. The summed E-state index contributed by atoms with van der Waals surface area (Å²) in [5, 5.41) is 2.25. The van der Waals surface area contributed by atoms with E-state index in [4.69, 9.17) is 14.2 Å². The van der Waals surface area contributed by atoms with Crippen LogP contribution in [0.15, 0.2) is 53.3 Å². The van der Waals surface area contributed by atoms with Gasteiger partial charge in [-0.25, -0.2) is 4.79 Å². The summed E-state index contributed by atoms with van der Waals surface area (Å²) >= 11 is 0. The number of nitrogens with zero attached hydrogens (tertiary/aromatic N) is 1. The number of fused-ring (bicyclic) bond motifs is 1. The topological polar surface area (TPSA) is 95.9 Å². The van der Waals surface area contributed by atoms with Crippen LogP contribution in [0, 0.1) is 0 Å². The third-order valence-electron chi connectivity index (χ3n) is 5.39. The van der Waals surface area contributed by atoms with Crippen LogP contribution in [0.1, 0.15) is 18.1 Å². The summed E-state index contributed by atoms with van der Waals surface area (Å²) in [6, 6.07) is 10.8. The molecule has 0 saturated carbocycles. The van der Waals surface area contributed by atoms with Crippen LogP contribution in [-0.2, 0) is 34.0 Å². The van der Waals surface area contributed by atoms with Crippen LogP contribution < -0.4 is 20.3 Å². The first-order valence-electron chi connectivity index (χ1n) is 11.0. The van der Waals surface area contributed by atoms with E-state index in [0.29, 0.717) is 6.07 Å². The number of aromatic nitrogens is 1. The van der Waals surface area contributed by atoms with E-state index >= 15 is 0 Å². The zero-order chi connectivity index (χ0) is 26.5. The van der Waals surface area contributed by atoms with Gasteiger partial charge in [-0.1, -0.05) is 30.3 Å². The van der Waals surface area contributed by atoms with Gasteiger partial charge in [-0.3, -0.25) is 9.59 Å². The number of ether oxygens (including phenoxy) is 3. The van der Waals surface area contributed by atoms with E-state index in [1.54, 1.807) is 31.2 Å². The summed E-state index contributed by atoms with van der Waals surface area (Å²) < 4.78 is 57.6. The summed E-state index contributed by atoms with van der Waals surface area (Å²) in [5.74, 6) is -1.44. The molecule has 11 heteroatoms. The minimum absolute atomic E-state index is 0.0197. The maximum Gasteiger partial charge on any atom is 0.417 e. The van der Waals surface area contributed by atoms with Crippen molar-refractivity contribution in [2.24, 2.45) is 7.05 Å². The molecule has 1 N–H and O–H groups in total. The highest BCUT2D eigenvalue weighted by Crippen LogP contribution is 2.38. The van der Waals surface area contributed by atoms with Crippen LogP contribution in [-0.4, -0.2) is 42.8 Å². The highest BCUT2D eigenvalue weighted by molar-refractivity contribution is 5.88. The van der Waals surface area contributed by atoms with Gasteiger partial charge in [-0.15, -0.1) is 0 Å². The lowest BCUT2D eigenvalue weighted by atomic mass is 10.1. The highest BCUT2D eigenvalue weighted by Gasteiger charge is 2.34. The fourth-order valence-corrected chi connectivity index (χ4v) is 3.63. The van der Waals surface area contributed by atoms with Crippen LogP contribution in [0.4, 0.5) is 13.2 Å². The Morgan fingerprint density at radius 2 is 1.78 bits per heavy atom. The monoisotopic (exact) mass is 506 g/mol. The smallest absolute Gasteiger partial charge is 0.417 e. The standard InChI is InChI=1S/C25H25F3N2O6/c1-4-35-24(33)18(10-15-8-6-5-7-9-15)29-22(31)14-36-21-11-16-17(25(26,27)28)12-23(32)30(2)19(16)13-20(21)34-3/h5-9,11-13,18H,4,10,14H2,1-3H3,(H,29,31). The Hall–Kier alpha value is -4.02. The van der Waals surface area contributed by atoms with Crippen LogP contribution in [0.5, 0.6) is 11.5 Å². The molecular weight excluding hydrogens is 481 g/mol. The van der Waals surface area contributed by atoms with E-state index in [-0.39, 0.29) is 35.4 Å². The molecule has 0 bridgehead atoms. The predicted molar refractivity (Wildman–Crippen MR) is 125 cm³/mol. The first-order chi connectivity index (χ1) is 17.0. The largest absolute Gasteiger partial charge is 0.493 e. The van der Waals surface area contributed by atoms with Crippen molar-refractivity contribution in [2.45, 2.75) is 25.6 Å². The van der Waals surface area contributed by atoms with Crippen molar-refractivity contribution in [3.8, 4) is 11.5 Å². The first-order valence-corrected chi connectivity index (χ1v) is 11.0. The Kier molecular flexibility index (Phi) is 8.23.